The van der Waals surface area contributed by atoms with E-state index in [1.807, 2.05) is 84.9 Å². The minimum atomic E-state index is -0.373. The number of para-hydroxylation sites is 1. The summed E-state index contributed by atoms with van der Waals surface area (Å²) in [6.07, 6.45) is 2.42. The molecule has 34 heavy (non-hydrogen) atoms. The van der Waals surface area contributed by atoms with Crippen molar-refractivity contribution >= 4 is 29.0 Å². The fraction of sp³-hybridized carbons (Fsp3) is 0.0357. The van der Waals surface area contributed by atoms with Crippen molar-refractivity contribution in [1.29, 1.82) is 5.26 Å². The van der Waals surface area contributed by atoms with Gasteiger partial charge in [0, 0.05) is 33.8 Å². The molecule has 0 aliphatic carbocycles. The number of carbonyl (C=O) groups excluding carboxylic acids is 2. The summed E-state index contributed by atoms with van der Waals surface area (Å²) in [5.74, 6) is 0.230. The van der Waals surface area contributed by atoms with Gasteiger partial charge in [-0.1, -0.05) is 78.9 Å². The first-order valence-corrected chi connectivity index (χ1v) is 10.7. The Bertz CT molecular complexity index is 1540. The summed E-state index contributed by atoms with van der Waals surface area (Å²) in [7, 11) is 0. The van der Waals surface area contributed by atoms with Crippen LogP contribution in [-0.4, -0.2) is 16.8 Å². The van der Waals surface area contributed by atoms with Crippen LogP contribution in [0.1, 0.15) is 15.9 Å². The van der Waals surface area contributed by atoms with Crippen LogP contribution in [0.4, 0.5) is 5.88 Å². The molecule has 0 radical (unpaired) electrons. The lowest BCUT2D eigenvalue weighted by molar-refractivity contribution is -0.116. The van der Waals surface area contributed by atoms with Crippen LogP contribution in [0.2, 0.25) is 0 Å². The van der Waals surface area contributed by atoms with Gasteiger partial charge in [-0.3, -0.25) is 14.9 Å². The minimum Gasteiger partial charge on any atom is -0.438 e. The number of nitrogens with one attached hydrogen (secondary N) is 1. The van der Waals surface area contributed by atoms with Crippen molar-refractivity contribution in [2.45, 2.75) is 6.54 Å². The number of rotatable bonds is 6. The average Bonchev–Trinajstić information content (AvgIpc) is 3.43. The molecule has 1 N–H and O–H groups in total. The zero-order valence-electron chi connectivity index (χ0n) is 18.1. The van der Waals surface area contributed by atoms with Gasteiger partial charge in [0.15, 0.2) is 6.29 Å². The molecule has 3 aromatic carbocycles. The van der Waals surface area contributed by atoms with Crippen molar-refractivity contribution in [3.63, 3.8) is 0 Å². The van der Waals surface area contributed by atoms with Gasteiger partial charge in [0.1, 0.15) is 23.9 Å². The highest BCUT2D eigenvalue weighted by Gasteiger charge is 2.24. The zero-order valence-corrected chi connectivity index (χ0v) is 18.1. The zero-order chi connectivity index (χ0) is 23.5. The van der Waals surface area contributed by atoms with Crippen LogP contribution in [0.3, 0.4) is 0 Å². The van der Waals surface area contributed by atoms with Crippen LogP contribution in [0, 0.1) is 11.3 Å². The molecule has 0 unspecified atom stereocenters. The molecule has 6 heteroatoms. The Hall–Kier alpha value is -4.89. The molecule has 0 spiro atoms. The Kier molecular flexibility index (Phi) is 5.51. The number of amides is 1. The molecular weight excluding hydrogens is 426 g/mol. The van der Waals surface area contributed by atoms with E-state index in [2.05, 4.69) is 11.4 Å². The number of fused-ring (bicyclic) bond motifs is 1. The quantitative estimate of drug-likeness (QED) is 0.330. The Morgan fingerprint density at radius 2 is 1.59 bits per heavy atom. The van der Waals surface area contributed by atoms with Crippen molar-refractivity contribution in [1.82, 2.24) is 4.57 Å². The topological polar surface area (TPSA) is 88.0 Å². The van der Waals surface area contributed by atoms with Crippen molar-refractivity contribution < 1.29 is 14.0 Å². The van der Waals surface area contributed by atoms with Gasteiger partial charge in [0.25, 0.3) is 0 Å². The van der Waals surface area contributed by atoms with Crippen LogP contribution < -0.4 is 5.32 Å². The van der Waals surface area contributed by atoms with Crippen LogP contribution in [-0.2, 0) is 11.3 Å². The number of benzene rings is 3. The van der Waals surface area contributed by atoms with E-state index >= 15 is 0 Å². The lowest BCUT2D eigenvalue weighted by atomic mass is 9.98. The van der Waals surface area contributed by atoms with Gasteiger partial charge >= 0.3 is 0 Å². The first-order chi connectivity index (χ1) is 16.7. The molecule has 0 saturated carbocycles. The second kappa shape index (κ2) is 8.93. The van der Waals surface area contributed by atoms with Gasteiger partial charge in [-0.25, -0.2) is 0 Å². The molecule has 1 amide bonds. The molecule has 0 saturated heterocycles. The molecule has 5 rings (SSSR count). The number of aldehydes is 1. The predicted molar refractivity (Wildman–Crippen MR) is 130 cm³/mol. The standard InChI is InChI=1S/C28H19N3O3/c29-15-23-26(19-9-3-1-4-10-19)27(20-11-5-2-6-12-20)34-28(23)30-25(33)17-31-16-21(18-32)22-13-7-8-14-24(22)31/h1-14,16,18H,17H2,(H,30,33). The first kappa shape index (κ1) is 21.0. The Labute approximate surface area is 195 Å². The smallest absolute Gasteiger partial charge is 0.246 e. The Balaban J connectivity index is 1.54. The maximum atomic E-state index is 13.0. The van der Waals surface area contributed by atoms with Crippen LogP contribution >= 0.6 is 0 Å². The number of hydrogen-bond acceptors (Lipinski definition) is 4. The van der Waals surface area contributed by atoms with Crippen molar-refractivity contribution in [2.75, 3.05) is 5.32 Å². The van der Waals surface area contributed by atoms with Crippen LogP contribution in [0.15, 0.2) is 95.5 Å². The molecule has 6 nitrogen and oxygen atoms in total. The highest BCUT2D eigenvalue weighted by molar-refractivity contribution is 6.00. The van der Waals surface area contributed by atoms with Gasteiger partial charge in [-0.2, -0.15) is 5.26 Å². The van der Waals surface area contributed by atoms with Crippen LogP contribution in [0.5, 0.6) is 0 Å². The lowest BCUT2D eigenvalue weighted by Gasteiger charge is -2.06. The normalized spacial score (nSPS) is 10.7. The summed E-state index contributed by atoms with van der Waals surface area (Å²) in [4.78, 5) is 24.4. The lowest BCUT2D eigenvalue weighted by Crippen LogP contribution is -2.18. The highest BCUT2D eigenvalue weighted by Crippen LogP contribution is 2.41. The summed E-state index contributed by atoms with van der Waals surface area (Å²) >= 11 is 0. The van der Waals surface area contributed by atoms with E-state index in [0.717, 1.165) is 28.3 Å². The summed E-state index contributed by atoms with van der Waals surface area (Å²) in [5, 5.41) is 13.5. The van der Waals surface area contributed by atoms with E-state index in [1.54, 1.807) is 10.8 Å². The number of hydrogen-bond donors (Lipinski definition) is 1. The predicted octanol–water partition coefficient (Wildman–Crippen LogP) is 5.89. The summed E-state index contributed by atoms with van der Waals surface area (Å²) in [6, 6.07) is 28.5. The second-order valence-corrected chi connectivity index (χ2v) is 7.75. The SMILES string of the molecule is N#Cc1c(NC(=O)Cn2cc(C=O)c3ccccc32)oc(-c2ccccc2)c1-c1ccccc1. The van der Waals surface area contributed by atoms with Gasteiger partial charge in [-0.05, 0) is 11.6 Å². The number of nitrogens with zero attached hydrogens (tertiary/aromatic N) is 2. The van der Waals surface area contributed by atoms with E-state index in [-0.39, 0.29) is 23.9 Å². The third-order valence-electron chi connectivity index (χ3n) is 5.63. The fourth-order valence-electron chi connectivity index (χ4n) is 4.12. The monoisotopic (exact) mass is 445 g/mol. The van der Waals surface area contributed by atoms with Crippen LogP contribution in [0.25, 0.3) is 33.4 Å². The third-order valence-corrected chi connectivity index (χ3v) is 5.63. The van der Waals surface area contributed by atoms with Gasteiger partial charge < -0.3 is 8.98 Å². The molecule has 5 aromatic rings. The fourth-order valence-corrected chi connectivity index (χ4v) is 4.12. The summed E-state index contributed by atoms with van der Waals surface area (Å²) < 4.78 is 7.79. The number of anilines is 1. The van der Waals surface area contributed by atoms with Crippen molar-refractivity contribution in [3.05, 3.63) is 102 Å². The minimum absolute atomic E-state index is 0.0404. The average molecular weight is 445 g/mol. The molecule has 0 aliphatic heterocycles. The van der Waals surface area contributed by atoms with Gasteiger partial charge in [0.2, 0.25) is 11.8 Å². The third kappa shape index (κ3) is 3.76. The number of nitriles is 1. The maximum Gasteiger partial charge on any atom is 0.246 e. The maximum absolute atomic E-state index is 13.0. The first-order valence-electron chi connectivity index (χ1n) is 10.7. The van der Waals surface area contributed by atoms with Crippen molar-refractivity contribution in [2.24, 2.45) is 0 Å². The summed E-state index contributed by atoms with van der Waals surface area (Å²) in [6.45, 7) is -0.0404. The second-order valence-electron chi connectivity index (χ2n) is 7.75. The number of aromatic nitrogens is 1. The molecular formula is C28H19N3O3. The van der Waals surface area contributed by atoms with E-state index < -0.39 is 0 Å². The molecule has 0 fully saturated rings. The molecule has 164 valence electrons. The highest BCUT2D eigenvalue weighted by atomic mass is 16.4. The molecule has 0 aliphatic rings. The molecule has 0 bridgehead atoms. The van der Waals surface area contributed by atoms with E-state index in [0.29, 0.717) is 16.9 Å². The number of carbonyl (C=O) groups is 2. The largest absolute Gasteiger partial charge is 0.438 e. The Morgan fingerprint density at radius 1 is 0.941 bits per heavy atom. The van der Waals surface area contributed by atoms with Gasteiger partial charge in [-0.15, -0.1) is 0 Å². The molecule has 0 atom stereocenters. The Morgan fingerprint density at radius 3 is 2.26 bits per heavy atom. The van der Waals surface area contributed by atoms with Gasteiger partial charge in [0.05, 0.1) is 0 Å². The molecule has 2 heterocycles. The molecule has 2 aromatic heterocycles. The van der Waals surface area contributed by atoms with E-state index in [4.69, 9.17) is 4.42 Å². The van der Waals surface area contributed by atoms with E-state index in [9.17, 15) is 14.9 Å². The van der Waals surface area contributed by atoms with E-state index in [1.165, 1.54) is 0 Å². The van der Waals surface area contributed by atoms with Crippen molar-refractivity contribution in [3.8, 4) is 28.5 Å². The summed E-state index contributed by atoms with van der Waals surface area (Å²) in [5.41, 5.74) is 3.77. The number of furan rings is 1.